The molecule has 2 aromatic rings. The number of hydrogen-bond donors (Lipinski definition) is 1. The van der Waals surface area contributed by atoms with Gasteiger partial charge in [0, 0.05) is 28.6 Å². The molecule has 0 aliphatic heterocycles. The fourth-order valence-corrected chi connectivity index (χ4v) is 3.04. The maximum Gasteiger partial charge on any atom is 0.127 e. The fraction of sp³-hybridized carbons (Fsp3) is 0.200. The van der Waals surface area contributed by atoms with Gasteiger partial charge < -0.3 is 5.73 Å². The van der Waals surface area contributed by atoms with E-state index in [2.05, 4.69) is 0 Å². The summed E-state index contributed by atoms with van der Waals surface area (Å²) >= 11 is 7.85. The molecule has 0 radical (unpaired) electrons. The van der Waals surface area contributed by atoms with Crippen LogP contribution in [0, 0.1) is 5.82 Å². The summed E-state index contributed by atoms with van der Waals surface area (Å²) in [7, 11) is 0. The van der Waals surface area contributed by atoms with Gasteiger partial charge in [0.1, 0.15) is 5.82 Å². The molecule has 4 heteroatoms. The molecule has 0 aliphatic carbocycles. The van der Waals surface area contributed by atoms with Crippen molar-refractivity contribution in [3.8, 4) is 0 Å². The van der Waals surface area contributed by atoms with Gasteiger partial charge in [0.05, 0.1) is 0 Å². The van der Waals surface area contributed by atoms with Crippen molar-refractivity contribution in [1.29, 1.82) is 0 Å². The highest BCUT2D eigenvalue weighted by Gasteiger charge is 2.03. The summed E-state index contributed by atoms with van der Waals surface area (Å²) in [5, 5.41) is 0.789. The van der Waals surface area contributed by atoms with Crippen molar-refractivity contribution in [1.82, 2.24) is 0 Å². The molecule has 0 amide bonds. The van der Waals surface area contributed by atoms with E-state index < -0.39 is 0 Å². The summed E-state index contributed by atoms with van der Waals surface area (Å²) in [5.74, 6) is 1.43. The molecule has 100 valence electrons. The van der Waals surface area contributed by atoms with Crippen molar-refractivity contribution in [2.45, 2.75) is 18.1 Å². The molecule has 2 aromatic carbocycles. The highest BCUT2D eigenvalue weighted by atomic mass is 35.5. The number of rotatable bonds is 5. The summed E-state index contributed by atoms with van der Waals surface area (Å²) in [6, 6.07) is 12.9. The average Bonchev–Trinajstić information content (AvgIpc) is 2.43. The Morgan fingerprint density at radius 1 is 1.05 bits per heavy atom. The van der Waals surface area contributed by atoms with Gasteiger partial charge >= 0.3 is 0 Å². The van der Waals surface area contributed by atoms with Gasteiger partial charge in [-0.25, -0.2) is 4.39 Å². The van der Waals surface area contributed by atoms with E-state index in [0.717, 1.165) is 27.7 Å². The Labute approximate surface area is 122 Å². The van der Waals surface area contributed by atoms with Crippen LogP contribution in [0.2, 0.25) is 5.02 Å². The number of hydrogen-bond acceptors (Lipinski definition) is 2. The standard InChI is InChI=1S/C15H15ClFNS/c16-14-4-2-1-3-12(14)10-19-9-11-5-6-15(17)13(7-11)8-18/h1-7H,8-10,18H2. The summed E-state index contributed by atoms with van der Waals surface area (Å²) < 4.78 is 13.3. The highest BCUT2D eigenvalue weighted by molar-refractivity contribution is 7.97. The first kappa shape index (κ1) is 14.4. The molecule has 2 N–H and O–H groups in total. The van der Waals surface area contributed by atoms with Gasteiger partial charge in [0.2, 0.25) is 0 Å². The first-order valence-corrected chi connectivity index (χ1v) is 7.52. The minimum absolute atomic E-state index is 0.231. The first-order valence-electron chi connectivity index (χ1n) is 5.99. The molecule has 0 aliphatic rings. The van der Waals surface area contributed by atoms with E-state index in [1.54, 1.807) is 17.8 Å². The molecule has 0 unspecified atom stereocenters. The number of halogens is 2. The molecule has 2 rings (SSSR count). The molecular weight excluding hydrogens is 281 g/mol. The Morgan fingerprint density at radius 3 is 2.58 bits per heavy atom. The van der Waals surface area contributed by atoms with Crippen LogP contribution in [0.3, 0.4) is 0 Å². The van der Waals surface area contributed by atoms with Crippen LogP contribution in [0.1, 0.15) is 16.7 Å². The molecule has 1 nitrogen and oxygen atoms in total. The zero-order valence-electron chi connectivity index (χ0n) is 10.4. The normalized spacial score (nSPS) is 10.7. The predicted molar refractivity (Wildman–Crippen MR) is 80.7 cm³/mol. The van der Waals surface area contributed by atoms with Gasteiger partial charge in [-0.05, 0) is 23.3 Å². The lowest BCUT2D eigenvalue weighted by molar-refractivity contribution is 0.610. The van der Waals surface area contributed by atoms with Crippen molar-refractivity contribution >= 4 is 23.4 Å². The lowest BCUT2D eigenvalue weighted by Crippen LogP contribution is -2.00. The molecule has 19 heavy (non-hydrogen) atoms. The highest BCUT2D eigenvalue weighted by Crippen LogP contribution is 2.24. The second-order valence-corrected chi connectivity index (χ2v) is 5.61. The third kappa shape index (κ3) is 3.96. The summed E-state index contributed by atoms with van der Waals surface area (Å²) in [4.78, 5) is 0. The molecule has 0 saturated carbocycles. The zero-order chi connectivity index (χ0) is 13.7. The van der Waals surface area contributed by atoms with Crippen LogP contribution in [-0.2, 0) is 18.1 Å². The molecule has 0 bridgehead atoms. The summed E-state index contributed by atoms with van der Waals surface area (Å²) in [6.45, 7) is 0.231. The average molecular weight is 296 g/mol. The molecule has 0 spiro atoms. The Balaban J connectivity index is 1.94. The van der Waals surface area contributed by atoms with Crippen LogP contribution in [0.15, 0.2) is 42.5 Å². The molecule has 0 heterocycles. The lowest BCUT2D eigenvalue weighted by Gasteiger charge is -2.06. The smallest absolute Gasteiger partial charge is 0.127 e. The minimum atomic E-state index is -0.234. The van der Waals surface area contributed by atoms with Gasteiger partial charge in [-0.1, -0.05) is 41.9 Å². The Hall–Kier alpha value is -1.03. The van der Waals surface area contributed by atoms with Crippen molar-refractivity contribution < 1.29 is 4.39 Å². The van der Waals surface area contributed by atoms with Gasteiger partial charge in [-0.15, -0.1) is 0 Å². The SMILES string of the molecule is NCc1cc(CSCc2ccccc2Cl)ccc1F. The third-order valence-corrected chi connectivity index (χ3v) is 4.24. The van der Waals surface area contributed by atoms with Crippen LogP contribution in [0.4, 0.5) is 4.39 Å². The second kappa shape index (κ2) is 6.94. The number of benzene rings is 2. The Kier molecular flexibility index (Phi) is 5.25. The van der Waals surface area contributed by atoms with E-state index in [0.29, 0.717) is 5.56 Å². The molecular formula is C15H15ClFNS. The van der Waals surface area contributed by atoms with E-state index in [-0.39, 0.29) is 12.4 Å². The maximum atomic E-state index is 13.3. The largest absolute Gasteiger partial charge is 0.326 e. The van der Waals surface area contributed by atoms with Crippen LogP contribution < -0.4 is 5.73 Å². The zero-order valence-corrected chi connectivity index (χ0v) is 12.0. The first-order chi connectivity index (χ1) is 9.20. The van der Waals surface area contributed by atoms with Gasteiger partial charge in [-0.3, -0.25) is 0 Å². The van der Waals surface area contributed by atoms with Gasteiger partial charge in [0.25, 0.3) is 0 Å². The van der Waals surface area contributed by atoms with E-state index >= 15 is 0 Å². The van der Waals surface area contributed by atoms with E-state index in [1.165, 1.54) is 6.07 Å². The quantitative estimate of drug-likeness (QED) is 0.886. The Bertz CT molecular complexity index is 560. The monoisotopic (exact) mass is 295 g/mol. The molecule has 0 aromatic heterocycles. The van der Waals surface area contributed by atoms with E-state index in [1.807, 2.05) is 30.3 Å². The Morgan fingerprint density at radius 2 is 1.84 bits per heavy atom. The molecule has 0 atom stereocenters. The summed E-state index contributed by atoms with van der Waals surface area (Å²) in [5.41, 5.74) is 8.26. The van der Waals surface area contributed by atoms with Crippen molar-refractivity contribution in [3.63, 3.8) is 0 Å². The van der Waals surface area contributed by atoms with E-state index in [9.17, 15) is 4.39 Å². The molecule has 0 fully saturated rings. The van der Waals surface area contributed by atoms with Crippen molar-refractivity contribution in [2.24, 2.45) is 5.73 Å². The van der Waals surface area contributed by atoms with Crippen LogP contribution in [0.5, 0.6) is 0 Å². The van der Waals surface area contributed by atoms with Gasteiger partial charge in [0.15, 0.2) is 0 Å². The topological polar surface area (TPSA) is 26.0 Å². The van der Waals surface area contributed by atoms with Crippen LogP contribution >= 0.6 is 23.4 Å². The van der Waals surface area contributed by atoms with E-state index in [4.69, 9.17) is 17.3 Å². The van der Waals surface area contributed by atoms with Crippen molar-refractivity contribution in [3.05, 3.63) is 70.0 Å². The third-order valence-electron chi connectivity index (χ3n) is 2.81. The lowest BCUT2D eigenvalue weighted by atomic mass is 10.1. The van der Waals surface area contributed by atoms with Gasteiger partial charge in [-0.2, -0.15) is 11.8 Å². The predicted octanol–water partition coefficient (Wildman–Crippen LogP) is 4.37. The van der Waals surface area contributed by atoms with Crippen molar-refractivity contribution in [2.75, 3.05) is 0 Å². The fourth-order valence-electron chi connectivity index (χ4n) is 1.77. The second-order valence-electron chi connectivity index (χ2n) is 4.21. The number of nitrogens with two attached hydrogens (primary N) is 1. The van der Waals surface area contributed by atoms with Crippen LogP contribution in [-0.4, -0.2) is 0 Å². The summed E-state index contributed by atoms with van der Waals surface area (Å²) in [6.07, 6.45) is 0. The van der Waals surface area contributed by atoms with Crippen LogP contribution in [0.25, 0.3) is 0 Å². The molecule has 0 saturated heterocycles. The maximum absolute atomic E-state index is 13.3. The number of thioether (sulfide) groups is 1. The minimum Gasteiger partial charge on any atom is -0.326 e.